The van der Waals surface area contributed by atoms with Crippen LogP contribution in [0.1, 0.15) is 32.6 Å². The average Bonchev–Trinajstić information content (AvgIpc) is 3.01. The van der Waals surface area contributed by atoms with Gasteiger partial charge >= 0.3 is 0 Å². The third kappa shape index (κ3) is 2.74. The molecule has 0 bridgehead atoms. The van der Waals surface area contributed by atoms with Crippen LogP contribution in [0.15, 0.2) is 0 Å². The van der Waals surface area contributed by atoms with E-state index in [0.29, 0.717) is 12.0 Å². The number of likely N-dealkylation sites (N-methyl/N-ethyl adjacent to an activating group) is 1. The van der Waals surface area contributed by atoms with Gasteiger partial charge in [-0.05, 0) is 45.1 Å². The maximum atomic E-state index is 11.8. The molecule has 4 heteroatoms. The molecular weight excluding hydrogens is 204 g/mol. The van der Waals surface area contributed by atoms with E-state index in [1.807, 2.05) is 11.8 Å². The zero-order chi connectivity index (χ0) is 11.5. The molecule has 4 nitrogen and oxygen atoms in total. The molecule has 2 N–H and O–H groups in total. The lowest BCUT2D eigenvalue weighted by Crippen LogP contribution is -2.40. The van der Waals surface area contributed by atoms with E-state index in [-0.39, 0.29) is 18.6 Å². The molecular formula is C12H22N2O2. The molecule has 92 valence electrons. The van der Waals surface area contributed by atoms with Crippen molar-refractivity contribution in [3.05, 3.63) is 0 Å². The minimum Gasteiger partial charge on any atom is -0.368 e. The molecule has 1 amide bonds. The number of hydrogen-bond donors (Lipinski definition) is 1. The second-order valence-corrected chi connectivity index (χ2v) is 4.92. The van der Waals surface area contributed by atoms with Gasteiger partial charge in [-0.2, -0.15) is 0 Å². The van der Waals surface area contributed by atoms with E-state index in [1.54, 1.807) is 0 Å². The Kier molecular flexibility index (Phi) is 3.82. The topological polar surface area (TPSA) is 55.6 Å². The summed E-state index contributed by atoms with van der Waals surface area (Å²) < 4.78 is 5.59. The Balaban J connectivity index is 1.63. The van der Waals surface area contributed by atoms with Gasteiger partial charge in [0.1, 0.15) is 6.61 Å². The highest BCUT2D eigenvalue weighted by molar-refractivity contribution is 5.78. The predicted molar refractivity (Wildman–Crippen MR) is 61.9 cm³/mol. The Labute approximate surface area is 97.1 Å². The Morgan fingerprint density at radius 2 is 2.12 bits per heavy atom. The van der Waals surface area contributed by atoms with Crippen molar-refractivity contribution in [1.82, 2.24) is 4.90 Å². The molecule has 0 aromatic heterocycles. The monoisotopic (exact) mass is 226 g/mol. The van der Waals surface area contributed by atoms with Crippen LogP contribution in [-0.4, -0.2) is 42.6 Å². The summed E-state index contributed by atoms with van der Waals surface area (Å²) in [6.45, 7) is 3.84. The molecule has 0 aromatic rings. The van der Waals surface area contributed by atoms with E-state index in [0.717, 1.165) is 38.8 Å². The molecule has 0 spiro atoms. The van der Waals surface area contributed by atoms with Gasteiger partial charge in [-0.3, -0.25) is 4.79 Å². The first-order valence-electron chi connectivity index (χ1n) is 6.35. The van der Waals surface area contributed by atoms with Gasteiger partial charge in [-0.25, -0.2) is 0 Å². The number of rotatable bonds is 6. The maximum absolute atomic E-state index is 11.8. The first-order valence-corrected chi connectivity index (χ1v) is 6.35. The van der Waals surface area contributed by atoms with Crippen LogP contribution in [0, 0.1) is 5.92 Å². The normalized spacial score (nSPS) is 28.6. The summed E-state index contributed by atoms with van der Waals surface area (Å²) in [4.78, 5) is 13.8. The van der Waals surface area contributed by atoms with Gasteiger partial charge in [-0.15, -0.1) is 0 Å². The Bertz CT molecular complexity index is 247. The van der Waals surface area contributed by atoms with Gasteiger partial charge in [0.25, 0.3) is 0 Å². The maximum Gasteiger partial charge on any atom is 0.248 e. The summed E-state index contributed by atoms with van der Waals surface area (Å²) in [6.07, 6.45) is 4.66. The summed E-state index contributed by atoms with van der Waals surface area (Å²) in [5.74, 6) is 0.770. The smallest absolute Gasteiger partial charge is 0.248 e. The number of ether oxygens (including phenoxy) is 1. The zero-order valence-electron chi connectivity index (χ0n) is 10.0. The molecule has 0 aromatic carbocycles. The first-order chi connectivity index (χ1) is 7.74. The number of carbonyl (C=O) groups is 1. The van der Waals surface area contributed by atoms with Crippen LogP contribution in [0.5, 0.6) is 0 Å². The molecule has 0 saturated heterocycles. The van der Waals surface area contributed by atoms with Gasteiger partial charge in [0.2, 0.25) is 5.91 Å². The van der Waals surface area contributed by atoms with E-state index >= 15 is 0 Å². The van der Waals surface area contributed by atoms with Crippen LogP contribution in [0.25, 0.3) is 0 Å². The molecule has 2 rings (SSSR count). The van der Waals surface area contributed by atoms with Crippen LogP contribution in [0.3, 0.4) is 0 Å². The van der Waals surface area contributed by atoms with Gasteiger partial charge in [0, 0.05) is 12.6 Å². The third-order valence-electron chi connectivity index (χ3n) is 3.62. The number of nitrogens with zero attached hydrogens (tertiary/aromatic N) is 1. The Morgan fingerprint density at radius 3 is 2.62 bits per heavy atom. The molecule has 16 heavy (non-hydrogen) atoms. The molecule has 2 aliphatic carbocycles. The van der Waals surface area contributed by atoms with Crippen molar-refractivity contribution >= 4 is 5.91 Å². The van der Waals surface area contributed by atoms with Crippen molar-refractivity contribution in [2.45, 2.75) is 44.8 Å². The fourth-order valence-electron chi connectivity index (χ4n) is 2.30. The lowest BCUT2D eigenvalue weighted by Gasteiger charge is -2.34. The van der Waals surface area contributed by atoms with Crippen LogP contribution >= 0.6 is 0 Å². The van der Waals surface area contributed by atoms with Crippen LogP contribution < -0.4 is 5.73 Å². The highest BCUT2D eigenvalue weighted by atomic mass is 16.5. The lowest BCUT2D eigenvalue weighted by atomic mass is 9.82. The van der Waals surface area contributed by atoms with Crippen molar-refractivity contribution in [3.63, 3.8) is 0 Å². The quantitative estimate of drug-likeness (QED) is 0.727. The fourth-order valence-corrected chi connectivity index (χ4v) is 2.30. The van der Waals surface area contributed by atoms with Crippen molar-refractivity contribution in [1.29, 1.82) is 0 Å². The first kappa shape index (κ1) is 11.9. The summed E-state index contributed by atoms with van der Waals surface area (Å²) in [5.41, 5.74) is 5.54. The molecule has 0 atom stereocenters. The number of nitrogens with two attached hydrogens (primary N) is 1. The number of carbonyl (C=O) groups excluding carboxylic acids is 1. The van der Waals surface area contributed by atoms with Crippen LogP contribution in [-0.2, 0) is 9.53 Å². The number of amides is 1. The second-order valence-electron chi connectivity index (χ2n) is 4.92. The molecule has 2 saturated carbocycles. The average molecular weight is 226 g/mol. The van der Waals surface area contributed by atoms with E-state index in [9.17, 15) is 4.79 Å². The fraction of sp³-hybridized carbons (Fsp3) is 0.917. The molecule has 0 aliphatic heterocycles. The zero-order valence-corrected chi connectivity index (χ0v) is 10.0. The summed E-state index contributed by atoms with van der Waals surface area (Å²) in [5, 5.41) is 0. The largest absolute Gasteiger partial charge is 0.368 e. The van der Waals surface area contributed by atoms with Crippen molar-refractivity contribution in [2.24, 2.45) is 11.7 Å². The second kappa shape index (κ2) is 5.15. The van der Waals surface area contributed by atoms with Gasteiger partial charge < -0.3 is 15.4 Å². The van der Waals surface area contributed by atoms with E-state index in [4.69, 9.17) is 10.5 Å². The highest BCUT2D eigenvalue weighted by Gasteiger charge is 2.33. The standard InChI is InChI=1S/C12H22N2O2/c1-2-14(10-3-4-10)12(15)8-16-11-5-9(6-11)7-13/h9-11H,2-8,13H2,1H3. The van der Waals surface area contributed by atoms with Crippen molar-refractivity contribution in [3.8, 4) is 0 Å². The minimum absolute atomic E-state index is 0.154. The Morgan fingerprint density at radius 1 is 1.44 bits per heavy atom. The molecule has 0 heterocycles. The number of hydrogen-bond acceptors (Lipinski definition) is 3. The van der Waals surface area contributed by atoms with E-state index in [2.05, 4.69) is 0 Å². The van der Waals surface area contributed by atoms with Gasteiger partial charge in [-0.1, -0.05) is 0 Å². The van der Waals surface area contributed by atoms with Crippen LogP contribution in [0.4, 0.5) is 0 Å². The SMILES string of the molecule is CCN(C(=O)COC1CC(CN)C1)C1CC1. The third-order valence-corrected chi connectivity index (χ3v) is 3.62. The summed E-state index contributed by atoms with van der Waals surface area (Å²) >= 11 is 0. The minimum atomic E-state index is 0.154. The molecule has 0 unspecified atom stereocenters. The lowest BCUT2D eigenvalue weighted by molar-refractivity contribution is -0.141. The predicted octanol–water partition coefficient (Wildman–Crippen LogP) is 0.751. The van der Waals surface area contributed by atoms with Gasteiger partial charge in [0.15, 0.2) is 0 Å². The summed E-state index contributed by atoms with van der Waals surface area (Å²) in [6, 6.07) is 0.499. The van der Waals surface area contributed by atoms with E-state index in [1.165, 1.54) is 0 Å². The van der Waals surface area contributed by atoms with Gasteiger partial charge in [0.05, 0.1) is 6.10 Å². The molecule has 2 fully saturated rings. The van der Waals surface area contributed by atoms with Crippen LogP contribution in [0.2, 0.25) is 0 Å². The van der Waals surface area contributed by atoms with Crippen molar-refractivity contribution < 1.29 is 9.53 Å². The highest BCUT2D eigenvalue weighted by Crippen LogP contribution is 2.30. The van der Waals surface area contributed by atoms with E-state index < -0.39 is 0 Å². The molecule has 0 radical (unpaired) electrons. The summed E-state index contributed by atoms with van der Waals surface area (Å²) in [7, 11) is 0. The van der Waals surface area contributed by atoms with Crippen molar-refractivity contribution in [2.75, 3.05) is 19.7 Å². The molecule has 2 aliphatic rings. The Hall–Kier alpha value is -0.610.